The molecule has 0 radical (unpaired) electrons. The van der Waals surface area contributed by atoms with Gasteiger partial charge in [0.1, 0.15) is 5.69 Å². The number of aryl methyl sites for hydroxylation is 2. The molecule has 1 aromatic heterocycles. The molecule has 17 heavy (non-hydrogen) atoms. The first-order valence-corrected chi connectivity index (χ1v) is 5.88. The van der Waals surface area contributed by atoms with Crippen LogP contribution < -0.4 is 5.43 Å². The molecule has 3 nitrogen and oxygen atoms in total. The summed E-state index contributed by atoms with van der Waals surface area (Å²) in [6, 6.07) is 9.52. The zero-order chi connectivity index (χ0) is 12.4. The summed E-state index contributed by atoms with van der Waals surface area (Å²) in [4.78, 5) is 11.5. The highest BCUT2D eigenvalue weighted by Crippen LogP contribution is 2.10. The number of benzene rings is 1. The van der Waals surface area contributed by atoms with Crippen molar-refractivity contribution in [1.82, 2.24) is 9.78 Å². The van der Waals surface area contributed by atoms with Gasteiger partial charge in [0.2, 0.25) is 5.43 Å². The van der Waals surface area contributed by atoms with Crippen molar-refractivity contribution in [2.24, 2.45) is 0 Å². The number of rotatable bonds is 2. The number of halogens is 1. The van der Waals surface area contributed by atoms with Crippen LogP contribution in [-0.2, 0) is 5.88 Å². The third-order valence-electron chi connectivity index (χ3n) is 2.58. The van der Waals surface area contributed by atoms with Crippen LogP contribution in [0.2, 0.25) is 0 Å². The van der Waals surface area contributed by atoms with Crippen molar-refractivity contribution < 1.29 is 0 Å². The topological polar surface area (TPSA) is 34.9 Å². The second-order valence-electron chi connectivity index (χ2n) is 3.98. The molecule has 0 amide bonds. The predicted octanol–water partition coefficient (Wildman–Crippen LogP) is 2.59. The van der Waals surface area contributed by atoms with Crippen LogP contribution in [0.15, 0.2) is 35.1 Å². The highest BCUT2D eigenvalue weighted by atomic mass is 35.5. The molecule has 0 saturated carbocycles. The molecule has 2 rings (SSSR count). The minimum atomic E-state index is -0.110. The van der Waals surface area contributed by atoms with E-state index in [0.717, 1.165) is 11.4 Å². The second-order valence-corrected chi connectivity index (χ2v) is 4.24. The molecule has 0 N–H and O–H groups in total. The zero-order valence-electron chi connectivity index (χ0n) is 9.77. The lowest BCUT2D eigenvalue weighted by atomic mass is 10.2. The third-order valence-corrected chi connectivity index (χ3v) is 2.84. The molecule has 88 valence electrons. The van der Waals surface area contributed by atoms with Crippen LogP contribution in [-0.4, -0.2) is 9.78 Å². The van der Waals surface area contributed by atoms with Crippen LogP contribution in [0.1, 0.15) is 17.0 Å². The average molecular weight is 249 g/mol. The molecular weight excluding hydrogens is 236 g/mol. The summed E-state index contributed by atoms with van der Waals surface area (Å²) in [5.41, 5.74) is 3.18. The van der Waals surface area contributed by atoms with E-state index < -0.39 is 0 Å². The monoisotopic (exact) mass is 248 g/mol. The molecule has 4 heteroatoms. The summed E-state index contributed by atoms with van der Waals surface area (Å²) in [6.45, 7) is 3.88. The minimum Gasteiger partial charge on any atom is -0.288 e. The lowest BCUT2D eigenvalue weighted by molar-refractivity contribution is 0.772. The van der Waals surface area contributed by atoms with Crippen LogP contribution in [0.25, 0.3) is 5.69 Å². The summed E-state index contributed by atoms with van der Waals surface area (Å²) in [7, 11) is 0. The Balaban J connectivity index is 2.59. The fourth-order valence-corrected chi connectivity index (χ4v) is 1.81. The average Bonchev–Trinajstić information content (AvgIpc) is 2.31. The highest BCUT2D eigenvalue weighted by Gasteiger charge is 2.06. The van der Waals surface area contributed by atoms with Gasteiger partial charge in [-0.2, -0.15) is 5.10 Å². The van der Waals surface area contributed by atoms with E-state index in [-0.39, 0.29) is 11.3 Å². The minimum absolute atomic E-state index is 0.110. The summed E-state index contributed by atoms with van der Waals surface area (Å²) < 4.78 is 1.73. The van der Waals surface area contributed by atoms with Crippen LogP contribution >= 0.6 is 11.6 Å². The Morgan fingerprint density at radius 2 is 1.88 bits per heavy atom. The normalized spacial score (nSPS) is 10.5. The van der Waals surface area contributed by atoms with E-state index in [2.05, 4.69) is 5.10 Å². The number of aromatic nitrogens is 2. The largest absolute Gasteiger partial charge is 0.288 e. The quantitative estimate of drug-likeness (QED) is 0.766. The molecule has 0 saturated heterocycles. The van der Waals surface area contributed by atoms with Gasteiger partial charge in [-0.05, 0) is 26.0 Å². The van der Waals surface area contributed by atoms with Crippen molar-refractivity contribution in [3.05, 3.63) is 57.5 Å². The van der Waals surface area contributed by atoms with E-state index in [0.29, 0.717) is 5.69 Å². The Morgan fingerprint density at radius 1 is 1.24 bits per heavy atom. The smallest absolute Gasteiger partial charge is 0.204 e. The maximum Gasteiger partial charge on any atom is 0.204 e. The van der Waals surface area contributed by atoms with Crippen LogP contribution in [0.5, 0.6) is 0 Å². The van der Waals surface area contributed by atoms with E-state index in [9.17, 15) is 4.79 Å². The first kappa shape index (κ1) is 11.9. The molecule has 2 aromatic rings. The number of hydrogen-bond acceptors (Lipinski definition) is 2. The van der Waals surface area contributed by atoms with Gasteiger partial charge in [-0.3, -0.25) is 4.79 Å². The van der Waals surface area contributed by atoms with E-state index in [1.165, 1.54) is 5.56 Å². The second kappa shape index (κ2) is 4.72. The first-order chi connectivity index (χ1) is 8.11. The molecule has 0 fully saturated rings. The Labute approximate surface area is 105 Å². The van der Waals surface area contributed by atoms with Gasteiger partial charge >= 0.3 is 0 Å². The summed E-state index contributed by atoms with van der Waals surface area (Å²) in [5.74, 6) is 0.130. The van der Waals surface area contributed by atoms with E-state index >= 15 is 0 Å². The van der Waals surface area contributed by atoms with Gasteiger partial charge in [0.05, 0.1) is 11.6 Å². The first-order valence-electron chi connectivity index (χ1n) is 5.34. The number of hydrogen-bond donors (Lipinski definition) is 0. The summed E-state index contributed by atoms with van der Waals surface area (Å²) in [5, 5.41) is 4.26. The Bertz CT molecular complexity index is 587. The van der Waals surface area contributed by atoms with Gasteiger partial charge in [0.25, 0.3) is 0 Å². The Morgan fingerprint density at radius 3 is 2.47 bits per heavy atom. The van der Waals surface area contributed by atoms with Crippen LogP contribution in [0.4, 0.5) is 0 Å². The van der Waals surface area contributed by atoms with Gasteiger partial charge in [-0.1, -0.05) is 17.7 Å². The van der Waals surface area contributed by atoms with Gasteiger partial charge < -0.3 is 0 Å². The Kier molecular flexibility index (Phi) is 3.29. The molecule has 0 spiro atoms. The molecule has 0 bridgehead atoms. The lowest BCUT2D eigenvalue weighted by Gasteiger charge is -2.10. The molecule has 1 aromatic carbocycles. The van der Waals surface area contributed by atoms with Crippen molar-refractivity contribution in [3.8, 4) is 5.69 Å². The van der Waals surface area contributed by atoms with Gasteiger partial charge in [-0.15, -0.1) is 11.6 Å². The van der Waals surface area contributed by atoms with Gasteiger partial charge in [-0.25, -0.2) is 4.68 Å². The maximum absolute atomic E-state index is 11.5. The van der Waals surface area contributed by atoms with Gasteiger partial charge in [0.15, 0.2) is 0 Å². The summed E-state index contributed by atoms with van der Waals surface area (Å²) >= 11 is 5.69. The zero-order valence-corrected chi connectivity index (χ0v) is 10.5. The molecule has 1 heterocycles. The van der Waals surface area contributed by atoms with Crippen molar-refractivity contribution in [2.75, 3.05) is 0 Å². The fraction of sp³-hybridized carbons (Fsp3) is 0.231. The van der Waals surface area contributed by atoms with E-state index in [1.807, 2.05) is 38.1 Å². The molecule has 0 unspecified atom stereocenters. The molecule has 0 aliphatic rings. The van der Waals surface area contributed by atoms with Gasteiger partial charge in [0, 0.05) is 11.8 Å². The molecule has 0 aliphatic carbocycles. The maximum atomic E-state index is 11.5. The van der Waals surface area contributed by atoms with Crippen molar-refractivity contribution in [3.63, 3.8) is 0 Å². The Hall–Kier alpha value is -1.61. The van der Waals surface area contributed by atoms with Crippen LogP contribution in [0.3, 0.4) is 0 Å². The number of nitrogens with zero attached hydrogens (tertiary/aromatic N) is 2. The lowest BCUT2D eigenvalue weighted by Crippen LogP contribution is -2.17. The third kappa shape index (κ3) is 2.39. The molecule has 0 atom stereocenters. The highest BCUT2D eigenvalue weighted by molar-refractivity contribution is 6.16. The standard InChI is InChI=1S/C13H13ClN2O/c1-9-3-5-11(6-4-9)16-10(2)7-13(17)12(8-14)15-16/h3-7H,8H2,1-2H3. The number of alkyl halides is 1. The molecule has 0 aliphatic heterocycles. The SMILES string of the molecule is Cc1ccc(-n2nc(CCl)c(=O)cc2C)cc1. The van der Waals surface area contributed by atoms with Crippen molar-refractivity contribution in [1.29, 1.82) is 0 Å². The van der Waals surface area contributed by atoms with Crippen LogP contribution in [0, 0.1) is 13.8 Å². The van der Waals surface area contributed by atoms with E-state index in [4.69, 9.17) is 11.6 Å². The van der Waals surface area contributed by atoms with E-state index in [1.54, 1.807) is 10.7 Å². The fourth-order valence-electron chi connectivity index (χ4n) is 1.62. The van der Waals surface area contributed by atoms with Crippen molar-refractivity contribution in [2.45, 2.75) is 19.7 Å². The molecular formula is C13H13ClN2O. The predicted molar refractivity (Wildman–Crippen MR) is 68.9 cm³/mol. The summed E-state index contributed by atoms with van der Waals surface area (Å²) in [6.07, 6.45) is 0. The van der Waals surface area contributed by atoms with Crippen molar-refractivity contribution >= 4 is 11.6 Å².